The standard InChI is InChI=1S/C17H19BrFN/c1-3-12-6-5-7-13(8-12)17(20-4-2)14-9-15(18)11-16(19)10-14/h5-11,17,20H,3-4H2,1-2H3. The summed E-state index contributed by atoms with van der Waals surface area (Å²) in [6.07, 6.45) is 1.000. The molecule has 0 aromatic heterocycles. The van der Waals surface area contributed by atoms with Crippen molar-refractivity contribution < 1.29 is 4.39 Å². The Balaban J connectivity index is 2.43. The van der Waals surface area contributed by atoms with Crippen LogP contribution in [0.2, 0.25) is 0 Å². The zero-order chi connectivity index (χ0) is 14.5. The number of aryl methyl sites for hydroxylation is 1. The number of rotatable bonds is 5. The Morgan fingerprint density at radius 3 is 2.55 bits per heavy atom. The van der Waals surface area contributed by atoms with Crippen molar-refractivity contribution in [3.63, 3.8) is 0 Å². The van der Waals surface area contributed by atoms with E-state index < -0.39 is 0 Å². The summed E-state index contributed by atoms with van der Waals surface area (Å²) < 4.78 is 14.4. The van der Waals surface area contributed by atoms with E-state index in [-0.39, 0.29) is 11.9 Å². The lowest BCUT2D eigenvalue weighted by molar-refractivity contribution is 0.602. The molecular formula is C17H19BrFN. The van der Waals surface area contributed by atoms with Gasteiger partial charge in [-0.3, -0.25) is 0 Å². The molecule has 0 aliphatic rings. The van der Waals surface area contributed by atoms with Crippen LogP contribution in [-0.4, -0.2) is 6.54 Å². The average molecular weight is 336 g/mol. The second kappa shape index (κ2) is 7.00. The summed E-state index contributed by atoms with van der Waals surface area (Å²) in [6.45, 7) is 5.03. The van der Waals surface area contributed by atoms with Gasteiger partial charge >= 0.3 is 0 Å². The number of hydrogen-bond acceptors (Lipinski definition) is 1. The van der Waals surface area contributed by atoms with Gasteiger partial charge in [-0.2, -0.15) is 0 Å². The molecule has 20 heavy (non-hydrogen) atoms. The second-order valence-electron chi connectivity index (χ2n) is 4.79. The van der Waals surface area contributed by atoms with E-state index in [1.54, 1.807) is 6.07 Å². The lowest BCUT2D eigenvalue weighted by Gasteiger charge is -2.20. The lowest BCUT2D eigenvalue weighted by atomic mass is 9.96. The van der Waals surface area contributed by atoms with Crippen LogP contribution < -0.4 is 5.32 Å². The van der Waals surface area contributed by atoms with Crippen LogP contribution in [0.15, 0.2) is 46.9 Å². The van der Waals surface area contributed by atoms with Crippen LogP contribution in [0.25, 0.3) is 0 Å². The topological polar surface area (TPSA) is 12.0 Å². The molecule has 0 saturated carbocycles. The summed E-state index contributed by atoms with van der Waals surface area (Å²) in [7, 11) is 0. The molecule has 1 nitrogen and oxygen atoms in total. The first-order valence-electron chi connectivity index (χ1n) is 6.92. The van der Waals surface area contributed by atoms with Gasteiger partial charge in [-0.25, -0.2) is 4.39 Å². The van der Waals surface area contributed by atoms with Gasteiger partial charge in [0.2, 0.25) is 0 Å². The lowest BCUT2D eigenvalue weighted by Crippen LogP contribution is -2.22. The van der Waals surface area contributed by atoms with Gasteiger partial charge in [-0.1, -0.05) is 54.0 Å². The Hall–Kier alpha value is -1.19. The molecule has 2 aromatic rings. The van der Waals surface area contributed by atoms with Crippen molar-refractivity contribution in [1.82, 2.24) is 5.32 Å². The molecule has 0 fully saturated rings. The molecule has 0 saturated heterocycles. The molecule has 0 aliphatic carbocycles. The monoisotopic (exact) mass is 335 g/mol. The van der Waals surface area contributed by atoms with Crippen LogP contribution in [0.4, 0.5) is 4.39 Å². The van der Waals surface area contributed by atoms with Crippen molar-refractivity contribution in [2.75, 3.05) is 6.54 Å². The van der Waals surface area contributed by atoms with E-state index in [9.17, 15) is 4.39 Å². The highest BCUT2D eigenvalue weighted by molar-refractivity contribution is 9.10. The van der Waals surface area contributed by atoms with Crippen LogP contribution in [-0.2, 0) is 6.42 Å². The van der Waals surface area contributed by atoms with E-state index in [4.69, 9.17) is 0 Å². The molecular weight excluding hydrogens is 317 g/mol. The van der Waals surface area contributed by atoms with Gasteiger partial charge in [-0.05, 0) is 47.9 Å². The highest BCUT2D eigenvalue weighted by Crippen LogP contribution is 2.26. The largest absolute Gasteiger partial charge is 0.307 e. The molecule has 0 heterocycles. The molecule has 1 N–H and O–H groups in total. The van der Waals surface area contributed by atoms with Crippen LogP contribution in [0.5, 0.6) is 0 Å². The Kier molecular flexibility index (Phi) is 5.32. The first-order chi connectivity index (χ1) is 9.63. The van der Waals surface area contributed by atoms with Crippen molar-refractivity contribution in [2.45, 2.75) is 26.3 Å². The molecule has 2 rings (SSSR count). The maximum atomic E-state index is 13.6. The molecule has 106 valence electrons. The summed E-state index contributed by atoms with van der Waals surface area (Å²) in [6, 6.07) is 13.5. The first-order valence-corrected chi connectivity index (χ1v) is 7.71. The minimum Gasteiger partial charge on any atom is -0.307 e. The van der Waals surface area contributed by atoms with Crippen LogP contribution >= 0.6 is 15.9 Å². The summed E-state index contributed by atoms with van der Waals surface area (Å²) in [4.78, 5) is 0. The minimum absolute atomic E-state index is 0.0125. The van der Waals surface area contributed by atoms with E-state index in [0.717, 1.165) is 23.0 Å². The molecule has 3 heteroatoms. The summed E-state index contributed by atoms with van der Waals surface area (Å²) in [5.74, 6) is -0.219. The zero-order valence-corrected chi connectivity index (χ0v) is 13.4. The van der Waals surface area contributed by atoms with E-state index in [1.165, 1.54) is 17.2 Å². The van der Waals surface area contributed by atoms with E-state index in [1.807, 2.05) is 6.07 Å². The van der Waals surface area contributed by atoms with Crippen molar-refractivity contribution in [2.24, 2.45) is 0 Å². The quantitative estimate of drug-likeness (QED) is 0.823. The third kappa shape index (κ3) is 3.68. The molecule has 0 amide bonds. The summed E-state index contributed by atoms with van der Waals surface area (Å²) >= 11 is 3.37. The summed E-state index contributed by atoms with van der Waals surface area (Å²) in [5, 5.41) is 3.43. The normalized spacial score (nSPS) is 12.4. The van der Waals surface area contributed by atoms with Gasteiger partial charge in [0, 0.05) is 4.47 Å². The van der Waals surface area contributed by atoms with Crippen molar-refractivity contribution >= 4 is 15.9 Å². The van der Waals surface area contributed by atoms with Gasteiger partial charge in [0.25, 0.3) is 0 Å². The molecule has 0 bridgehead atoms. The van der Waals surface area contributed by atoms with Crippen molar-refractivity contribution in [1.29, 1.82) is 0 Å². The Morgan fingerprint density at radius 2 is 1.90 bits per heavy atom. The Labute approximate surface area is 128 Å². The zero-order valence-electron chi connectivity index (χ0n) is 11.8. The highest BCUT2D eigenvalue weighted by atomic mass is 79.9. The molecule has 1 unspecified atom stereocenters. The number of hydrogen-bond donors (Lipinski definition) is 1. The van der Waals surface area contributed by atoms with Crippen LogP contribution in [0.1, 0.15) is 36.6 Å². The SMILES string of the molecule is CCNC(c1cc(F)cc(Br)c1)c1cccc(CC)c1. The minimum atomic E-state index is -0.219. The van der Waals surface area contributed by atoms with Gasteiger partial charge in [-0.15, -0.1) is 0 Å². The molecule has 0 radical (unpaired) electrons. The average Bonchev–Trinajstić information content (AvgIpc) is 2.43. The smallest absolute Gasteiger partial charge is 0.124 e. The maximum Gasteiger partial charge on any atom is 0.124 e. The van der Waals surface area contributed by atoms with Gasteiger partial charge in [0.15, 0.2) is 0 Å². The van der Waals surface area contributed by atoms with Gasteiger partial charge in [0.1, 0.15) is 5.82 Å². The van der Waals surface area contributed by atoms with E-state index in [0.29, 0.717) is 0 Å². The van der Waals surface area contributed by atoms with Crippen molar-refractivity contribution in [3.8, 4) is 0 Å². The fraction of sp³-hybridized carbons (Fsp3) is 0.294. The van der Waals surface area contributed by atoms with Gasteiger partial charge < -0.3 is 5.32 Å². The second-order valence-corrected chi connectivity index (χ2v) is 5.71. The molecule has 1 atom stereocenters. The Bertz CT molecular complexity index is 563. The first kappa shape index (κ1) is 15.2. The molecule has 2 aromatic carbocycles. The predicted octanol–water partition coefficient (Wildman–Crippen LogP) is 4.85. The number of benzene rings is 2. The number of halogens is 2. The van der Waals surface area contributed by atoms with Crippen LogP contribution in [0, 0.1) is 5.82 Å². The maximum absolute atomic E-state index is 13.6. The third-order valence-corrected chi connectivity index (χ3v) is 3.78. The van der Waals surface area contributed by atoms with E-state index >= 15 is 0 Å². The number of nitrogens with one attached hydrogen (secondary N) is 1. The fourth-order valence-corrected chi connectivity index (χ4v) is 2.85. The molecule has 0 spiro atoms. The van der Waals surface area contributed by atoms with Crippen LogP contribution in [0.3, 0.4) is 0 Å². The third-order valence-electron chi connectivity index (χ3n) is 3.32. The Morgan fingerprint density at radius 1 is 1.10 bits per heavy atom. The fourth-order valence-electron chi connectivity index (χ4n) is 2.37. The van der Waals surface area contributed by atoms with E-state index in [2.05, 4.69) is 59.4 Å². The van der Waals surface area contributed by atoms with Gasteiger partial charge in [0.05, 0.1) is 6.04 Å². The molecule has 0 aliphatic heterocycles. The highest BCUT2D eigenvalue weighted by Gasteiger charge is 2.14. The summed E-state index contributed by atoms with van der Waals surface area (Å²) in [5.41, 5.74) is 3.40. The predicted molar refractivity (Wildman–Crippen MR) is 85.4 cm³/mol. The van der Waals surface area contributed by atoms with Crippen molar-refractivity contribution in [3.05, 3.63) is 69.4 Å².